The number of benzene rings is 2. The Hall–Kier alpha value is -5.57. The van der Waals surface area contributed by atoms with Crippen LogP contribution in [0.3, 0.4) is 0 Å². The second-order valence-electron chi connectivity index (χ2n) is 9.06. The number of aromatic nitrogens is 7. The molecule has 0 amide bonds. The molecule has 0 bridgehead atoms. The van der Waals surface area contributed by atoms with Crippen LogP contribution in [0.4, 0.5) is 5.69 Å². The molecule has 0 saturated heterocycles. The summed E-state index contributed by atoms with van der Waals surface area (Å²) in [6, 6.07) is 14.2. The van der Waals surface area contributed by atoms with Crippen molar-refractivity contribution >= 4 is 44.2 Å². The van der Waals surface area contributed by atoms with E-state index in [1.807, 2.05) is 61.2 Å². The van der Waals surface area contributed by atoms with Crippen LogP contribution in [0.25, 0.3) is 72.6 Å². The molecule has 5 aromatic rings. The van der Waals surface area contributed by atoms with E-state index in [0.29, 0.717) is 11.5 Å². The number of pyridine rings is 2. The van der Waals surface area contributed by atoms with Crippen LogP contribution in [0.5, 0.6) is 0 Å². The third-order valence-electron chi connectivity index (χ3n) is 6.89. The minimum absolute atomic E-state index is 0.514. The van der Waals surface area contributed by atoms with E-state index in [4.69, 9.17) is 9.97 Å². The highest BCUT2D eigenvalue weighted by atomic mass is 15.3. The van der Waals surface area contributed by atoms with Gasteiger partial charge in [0.05, 0.1) is 29.5 Å². The SMILES string of the molecule is C1=Cc2ccc3cnc(-c4ncc5ncc(-c6cc7c(ccc8ccnnc87)cn6)c-5cn4)cc3c2NN1. The van der Waals surface area contributed by atoms with E-state index in [9.17, 15) is 0 Å². The van der Waals surface area contributed by atoms with Crippen LogP contribution in [0.1, 0.15) is 5.56 Å². The molecular formula is C29H17N9. The van der Waals surface area contributed by atoms with Gasteiger partial charge in [0.15, 0.2) is 5.82 Å². The van der Waals surface area contributed by atoms with E-state index < -0.39 is 0 Å². The fourth-order valence-corrected chi connectivity index (χ4v) is 4.96. The van der Waals surface area contributed by atoms with E-state index in [1.54, 1.807) is 18.6 Å². The zero-order valence-corrected chi connectivity index (χ0v) is 19.8. The van der Waals surface area contributed by atoms with Gasteiger partial charge in [-0.2, -0.15) is 5.10 Å². The Kier molecular flexibility index (Phi) is 4.32. The molecule has 0 atom stereocenters. The van der Waals surface area contributed by atoms with Crippen LogP contribution in [0.2, 0.25) is 0 Å². The predicted molar refractivity (Wildman–Crippen MR) is 147 cm³/mol. The van der Waals surface area contributed by atoms with E-state index in [1.165, 1.54) is 0 Å². The molecule has 9 nitrogen and oxygen atoms in total. The Morgan fingerprint density at radius 2 is 1.34 bits per heavy atom. The largest absolute Gasteiger partial charge is 0.308 e. The molecule has 3 aliphatic heterocycles. The second-order valence-corrected chi connectivity index (χ2v) is 9.06. The summed E-state index contributed by atoms with van der Waals surface area (Å²) in [5.41, 5.74) is 13.2. The second kappa shape index (κ2) is 7.97. The lowest BCUT2D eigenvalue weighted by Gasteiger charge is -2.17. The lowest BCUT2D eigenvalue weighted by Crippen LogP contribution is -2.18. The van der Waals surface area contributed by atoms with E-state index in [2.05, 4.69) is 48.1 Å². The highest BCUT2D eigenvalue weighted by molar-refractivity contribution is 6.06. The first kappa shape index (κ1) is 20.6. The molecule has 3 aliphatic rings. The maximum absolute atomic E-state index is 4.72. The van der Waals surface area contributed by atoms with Crippen LogP contribution >= 0.6 is 0 Å². The van der Waals surface area contributed by atoms with Crippen molar-refractivity contribution in [1.29, 1.82) is 0 Å². The molecule has 0 aliphatic carbocycles. The first-order chi connectivity index (χ1) is 18.8. The van der Waals surface area contributed by atoms with Gasteiger partial charge in [0.25, 0.3) is 0 Å². The molecule has 3 aromatic heterocycles. The van der Waals surface area contributed by atoms with Gasteiger partial charge in [0.2, 0.25) is 0 Å². The van der Waals surface area contributed by atoms with E-state index >= 15 is 0 Å². The molecule has 8 rings (SSSR count). The molecule has 178 valence electrons. The van der Waals surface area contributed by atoms with Crippen LogP contribution in [-0.4, -0.2) is 35.1 Å². The smallest absolute Gasteiger partial charge is 0.178 e. The highest BCUT2D eigenvalue weighted by Crippen LogP contribution is 2.35. The minimum Gasteiger partial charge on any atom is -0.308 e. The van der Waals surface area contributed by atoms with Crippen molar-refractivity contribution < 1.29 is 0 Å². The fourth-order valence-electron chi connectivity index (χ4n) is 4.96. The summed E-state index contributed by atoms with van der Waals surface area (Å²) in [4.78, 5) is 23.3. The van der Waals surface area contributed by atoms with E-state index in [0.717, 1.165) is 66.2 Å². The summed E-state index contributed by atoms with van der Waals surface area (Å²) < 4.78 is 0. The molecule has 38 heavy (non-hydrogen) atoms. The molecule has 0 unspecified atom stereocenters. The molecule has 2 N–H and O–H groups in total. The van der Waals surface area contributed by atoms with Crippen LogP contribution in [0.15, 0.2) is 85.8 Å². The van der Waals surface area contributed by atoms with Crippen LogP contribution in [0, 0.1) is 0 Å². The summed E-state index contributed by atoms with van der Waals surface area (Å²) >= 11 is 0. The number of nitrogens with zero attached hydrogens (tertiary/aromatic N) is 7. The van der Waals surface area contributed by atoms with Crippen LogP contribution in [-0.2, 0) is 0 Å². The third kappa shape index (κ3) is 3.15. The standard InChI is InChI=1S/C29H17N9/c1-3-18-11-30-24(9-20(18)27-16(1)5-7-35-37-27)22-13-32-26-15-34-29(33-14-23(22)26)25-10-21-19(12-31-25)4-2-17-6-8-36-38-28(17)21/h1-15,36,38H. The number of fused-ring (bicyclic) bond motifs is 7. The number of rotatable bonds is 2. The van der Waals surface area contributed by atoms with Gasteiger partial charge in [0, 0.05) is 74.6 Å². The van der Waals surface area contributed by atoms with E-state index in [-0.39, 0.29) is 0 Å². The predicted octanol–water partition coefficient (Wildman–Crippen LogP) is 5.25. The van der Waals surface area contributed by atoms with Gasteiger partial charge in [-0.1, -0.05) is 24.3 Å². The molecule has 6 heterocycles. The Morgan fingerprint density at radius 1 is 0.605 bits per heavy atom. The molecule has 0 radical (unpaired) electrons. The first-order valence-corrected chi connectivity index (χ1v) is 12.0. The quantitative estimate of drug-likeness (QED) is 0.313. The Labute approximate surface area is 215 Å². The van der Waals surface area contributed by atoms with Crippen molar-refractivity contribution in [2.45, 2.75) is 0 Å². The number of nitrogens with one attached hydrogen (secondary N) is 2. The first-order valence-electron chi connectivity index (χ1n) is 12.0. The highest BCUT2D eigenvalue weighted by Gasteiger charge is 2.17. The summed E-state index contributed by atoms with van der Waals surface area (Å²) in [6.07, 6.45) is 14.6. The zero-order valence-electron chi connectivity index (χ0n) is 19.8. The van der Waals surface area contributed by atoms with Crippen molar-refractivity contribution in [2.24, 2.45) is 0 Å². The van der Waals surface area contributed by atoms with Gasteiger partial charge >= 0.3 is 0 Å². The summed E-state index contributed by atoms with van der Waals surface area (Å²) in [5, 5.41) is 13.5. The normalized spacial score (nSPS) is 12.5. The number of anilines is 1. The number of hydrogen-bond acceptors (Lipinski definition) is 9. The minimum atomic E-state index is 0.514. The molecule has 2 aromatic carbocycles. The fraction of sp³-hybridized carbons (Fsp3) is 0. The Bertz CT molecular complexity index is 2050. The molecule has 9 heteroatoms. The Balaban J connectivity index is 1.25. The number of hydrazine groups is 1. The summed E-state index contributed by atoms with van der Waals surface area (Å²) in [6.45, 7) is 0. The van der Waals surface area contributed by atoms with Gasteiger partial charge < -0.3 is 10.9 Å². The Morgan fingerprint density at radius 3 is 2.32 bits per heavy atom. The van der Waals surface area contributed by atoms with Crippen LogP contribution < -0.4 is 10.9 Å². The molecule has 0 saturated carbocycles. The van der Waals surface area contributed by atoms with Crippen molar-refractivity contribution in [3.05, 3.63) is 91.4 Å². The van der Waals surface area contributed by atoms with Gasteiger partial charge in [-0.3, -0.25) is 15.0 Å². The average Bonchev–Trinajstić information content (AvgIpc) is 3.27. The van der Waals surface area contributed by atoms with Gasteiger partial charge in [-0.15, -0.1) is 5.10 Å². The van der Waals surface area contributed by atoms with Gasteiger partial charge in [-0.05, 0) is 24.3 Å². The van der Waals surface area contributed by atoms with Crippen molar-refractivity contribution in [3.8, 4) is 34.0 Å². The zero-order chi connectivity index (χ0) is 25.1. The molecule has 0 fully saturated rings. The maximum atomic E-state index is 4.72. The monoisotopic (exact) mass is 491 g/mol. The maximum Gasteiger partial charge on any atom is 0.178 e. The van der Waals surface area contributed by atoms with Crippen molar-refractivity contribution in [3.63, 3.8) is 0 Å². The lowest BCUT2D eigenvalue weighted by atomic mass is 10.0. The summed E-state index contributed by atoms with van der Waals surface area (Å²) in [7, 11) is 0. The van der Waals surface area contributed by atoms with Gasteiger partial charge in [-0.25, -0.2) is 9.97 Å². The summed E-state index contributed by atoms with van der Waals surface area (Å²) in [5.74, 6) is 0.514. The van der Waals surface area contributed by atoms with Crippen molar-refractivity contribution in [1.82, 2.24) is 40.5 Å². The average molecular weight is 492 g/mol. The third-order valence-corrected chi connectivity index (χ3v) is 6.89. The number of hydrogen-bond donors (Lipinski definition) is 2. The topological polar surface area (TPSA) is 114 Å². The molecular weight excluding hydrogens is 474 g/mol. The van der Waals surface area contributed by atoms with Crippen molar-refractivity contribution in [2.75, 3.05) is 5.43 Å². The lowest BCUT2D eigenvalue weighted by molar-refractivity contribution is 1.05. The molecule has 0 spiro atoms. The van der Waals surface area contributed by atoms with Gasteiger partial charge in [0.1, 0.15) is 11.2 Å².